The van der Waals surface area contributed by atoms with Crippen molar-refractivity contribution in [2.45, 2.75) is 64.5 Å². The number of rotatable bonds is 6. The molecule has 0 radical (unpaired) electrons. The Balaban J connectivity index is 2.30. The van der Waals surface area contributed by atoms with Crippen LogP contribution in [-0.4, -0.2) is 28.3 Å². The molecule has 4 atom stereocenters. The molecule has 1 saturated carbocycles. The Bertz CT molecular complexity index is 220. The van der Waals surface area contributed by atoms with Gasteiger partial charge in [-0.25, -0.2) is 0 Å². The quantitative estimate of drug-likeness (QED) is 0.779. The second kappa shape index (κ2) is 7.44. The molecule has 1 fully saturated rings. The molecular formula is C13H27NOS. The lowest BCUT2D eigenvalue weighted by molar-refractivity contribution is 0.238. The molecular weight excluding hydrogens is 218 g/mol. The molecule has 0 aromatic heterocycles. The highest BCUT2D eigenvalue weighted by molar-refractivity contribution is 7.84. The molecule has 1 aliphatic rings. The Labute approximate surface area is 103 Å². The van der Waals surface area contributed by atoms with Crippen molar-refractivity contribution in [3.05, 3.63) is 0 Å². The minimum Gasteiger partial charge on any atom is -0.311 e. The van der Waals surface area contributed by atoms with Crippen LogP contribution in [0.4, 0.5) is 0 Å². The molecule has 96 valence electrons. The van der Waals surface area contributed by atoms with Crippen molar-refractivity contribution in [3.8, 4) is 0 Å². The summed E-state index contributed by atoms with van der Waals surface area (Å²) in [5.74, 6) is 1.70. The summed E-state index contributed by atoms with van der Waals surface area (Å²) in [4.78, 5) is 0. The molecule has 1 aliphatic carbocycles. The summed E-state index contributed by atoms with van der Waals surface area (Å²) in [6.45, 7) is 4.53. The van der Waals surface area contributed by atoms with Crippen LogP contribution in [0, 0.1) is 5.92 Å². The smallest absolute Gasteiger partial charge is 0.0246 e. The molecule has 1 rings (SSSR count). The minimum absolute atomic E-state index is 0.515. The van der Waals surface area contributed by atoms with Crippen molar-refractivity contribution >= 4 is 10.8 Å². The van der Waals surface area contributed by atoms with Gasteiger partial charge in [0.05, 0.1) is 0 Å². The maximum absolute atomic E-state index is 11.0. The van der Waals surface area contributed by atoms with Crippen LogP contribution >= 0.6 is 0 Å². The minimum atomic E-state index is -0.643. The SMILES string of the molecule is CCC1CCCCC1NC(C)CCS(C)=O. The van der Waals surface area contributed by atoms with E-state index >= 15 is 0 Å². The van der Waals surface area contributed by atoms with Gasteiger partial charge in [0.2, 0.25) is 0 Å². The van der Waals surface area contributed by atoms with Gasteiger partial charge in [0, 0.05) is 34.9 Å². The lowest BCUT2D eigenvalue weighted by atomic mass is 9.82. The topological polar surface area (TPSA) is 29.1 Å². The molecule has 4 unspecified atom stereocenters. The van der Waals surface area contributed by atoms with Crippen molar-refractivity contribution in [1.29, 1.82) is 0 Å². The maximum Gasteiger partial charge on any atom is 0.0246 e. The van der Waals surface area contributed by atoms with Crippen LogP contribution in [0.5, 0.6) is 0 Å². The number of hydrogen-bond donors (Lipinski definition) is 1. The monoisotopic (exact) mass is 245 g/mol. The van der Waals surface area contributed by atoms with E-state index in [1.54, 1.807) is 6.26 Å². The maximum atomic E-state index is 11.0. The normalized spacial score (nSPS) is 29.9. The van der Waals surface area contributed by atoms with Gasteiger partial charge in [0.1, 0.15) is 0 Å². The molecule has 0 aromatic carbocycles. The Morgan fingerprint density at radius 2 is 2.06 bits per heavy atom. The lowest BCUT2D eigenvalue weighted by Gasteiger charge is -2.34. The van der Waals surface area contributed by atoms with Gasteiger partial charge in [0.15, 0.2) is 0 Å². The molecule has 2 nitrogen and oxygen atoms in total. The van der Waals surface area contributed by atoms with Crippen LogP contribution in [-0.2, 0) is 10.8 Å². The zero-order valence-corrected chi connectivity index (χ0v) is 11.8. The predicted octanol–water partition coefficient (Wildman–Crippen LogP) is 2.70. The van der Waals surface area contributed by atoms with Gasteiger partial charge in [-0.2, -0.15) is 0 Å². The zero-order chi connectivity index (χ0) is 12.0. The van der Waals surface area contributed by atoms with Crippen LogP contribution in [0.3, 0.4) is 0 Å². The van der Waals surface area contributed by atoms with Gasteiger partial charge in [-0.1, -0.05) is 26.2 Å². The van der Waals surface area contributed by atoms with E-state index in [1.165, 1.54) is 32.1 Å². The third-order valence-electron chi connectivity index (χ3n) is 3.77. The molecule has 16 heavy (non-hydrogen) atoms. The summed E-state index contributed by atoms with van der Waals surface area (Å²) >= 11 is 0. The summed E-state index contributed by atoms with van der Waals surface area (Å²) in [5.41, 5.74) is 0. The molecule has 0 amide bonds. The van der Waals surface area contributed by atoms with E-state index in [0.29, 0.717) is 12.1 Å². The molecule has 0 spiro atoms. The van der Waals surface area contributed by atoms with E-state index in [9.17, 15) is 4.21 Å². The van der Waals surface area contributed by atoms with Crippen LogP contribution in [0.15, 0.2) is 0 Å². The van der Waals surface area contributed by atoms with E-state index in [2.05, 4.69) is 19.2 Å². The van der Waals surface area contributed by atoms with Gasteiger partial charge in [-0.05, 0) is 32.1 Å². The van der Waals surface area contributed by atoms with Crippen LogP contribution in [0.25, 0.3) is 0 Å². The third-order valence-corrected chi connectivity index (χ3v) is 4.58. The largest absolute Gasteiger partial charge is 0.311 e. The van der Waals surface area contributed by atoms with E-state index < -0.39 is 10.8 Å². The molecule has 0 aromatic rings. The predicted molar refractivity (Wildman–Crippen MR) is 72.2 cm³/mol. The van der Waals surface area contributed by atoms with Gasteiger partial charge >= 0.3 is 0 Å². The molecule has 0 saturated heterocycles. The summed E-state index contributed by atoms with van der Waals surface area (Å²) in [5, 5.41) is 3.74. The molecule has 1 N–H and O–H groups in total. The van der Waals surface area contributed by atoms with E-state index in [1.807, 2.05) is 0 Å². The summed E-state index contributed by atoms with van der Waals surface area (Å²) in [7, 11) is -0.643. The van der Waals surface area contributed by atoms with Gasteiger partial charge in [-0.3, -0.25) is 4.21 Å². The van der Waals surface area contributed by atoms with Crippen LogP contribution in [0.1, 0.15) is 52.4 Å². The van der Waals surface area contributed by atoms with Crippen molar-refractivity contribution in [1.82, 2.24) is 5.32 Å². The van der Waals surface area contributed by atoms with Gasteiger partial charge < -0.3 is 5.32 Å². The van der Waals surface area contributed by atoms with Crippen LogP contribution in [0.2, 0.25) is 0 Å². The molecule has 0 bridgehead atoms. The number of hydrogen-bond acceptors (Lipinski definition) is 2. The van der Waals surface area contributed by atoms with Gasteiger partial charge in [-0.15, -0.1) is 0 Å². The summed E-state index contributed by atoms with van der Waals surface area (Å²) < 4.78 is 11.0. The summed E-state index contributed by atoms with van der Waals surface area (Å²) in [6, 6.07) is 1.22. The fourth-order valence-corrected chi connectivity index (χ4v) is 3.39. The standard InChI is InChI=1S/C13H27NOS/c1-4-12-7-5-6-8-13(12)14-11(2)9-10-16(3)15/h11-14H,4-10H2,1-3H3. The van der Waals surface area contributed by atoms with E-state index in [4.69, 9.17) is 0 Å². The average molecular weight is 245 g/mol. The highest BCUT2D eigenvalue weighted by Gasteiger charge is 2.24. The number of nitrogens with one attached hydrogen (secondary N) is 1. The highest BCUT2D eigenvalue weighted by Crippen LogP contribution is 2.27. The average Bonchev–Trinajstić information content (AvgIpc) is 2.27. The summed E-state index contributed by atoms with van der Waals surface area (Å²) in [6.07, 6.45) is 9.63. The Kier molecular flexibility index (Phi) is 6.59. The van der Waals surface area contributed by atoms with Crippen molar-refractivity contribution in [2.24, 2.45) is 5.92 Å². The first kappa shape index (κ1) is 14.2. The third kappa shape index (κ3) is 4.96. The van der Waals surface area contributed by atoms with E-state index in [-0.39, 0.29) is 0 Å². The Morgan fingerprint density at radius 1 is 1.38 bits per heavy atom. The first-order valence-electron chi connectivity index (χ1n) is 6.69. The Morgan fingerprint density at radius 3 is 2.69 bits per heavy atom. The fourth-order valence-electron chi connectivity index (χ4n) is 2.71. The second-order valence-electron chi connectivity index (χ2n) is 5.19. The molecule has 3 heteroatoms. The highest BCUT2D eigenvalue weighted by atomic mass is 32.2. The molecule has 0 heterocycles. The van der Waals surface area contributed by atoms with Crippen LogP contribution < -0.4 is 5.32 Å². The van der Waals surface area contributed by atoms with Crippen molar-refractivity contribution in [2.75, 3.05) is 12.0 Å². The van der Waals surface area contributed by atoms with Crippen molar-refractivity contribution < 1.29 is 4.21 Å². The first-order chi connectivity index (χ1) is 7.63. The van der Waals surface area contributed by atoms with E-state index in [0.717, 1.165) is 18.1 Å². The zero-order valence-electron chi connectivity index (χ0n) is 11.0. The van der Waals surface area contributed by atoms with Gasteiger partial charge in [0.25, 0.3) is 0 Å². The lowest BCUT2D eigenvalue weighted by Crippen LogP contribution is -2.43. The molecule has 0 aliphatic heterocycles. The fraction of sp³-hybridized carbons (Fsp3) is 1.00. The first-order valence-corrected chi connectivity index (χ1v) is 8.42. The Hall–Kier alpha value is 0.110. The van der Waals surface area contributed by atoms with Crippen molar-refractivity contribution in [3.63, 3.8) is 0 Å². The second-order valence-corrected chi connectivity index (χ2v) is 6.75.